The summed E-state index contributed by atoms with van der Waals surface area (Å²) >= 11 is 5.72. The second kappa shape index (κ2) is 5.44. The summed E-state index contributed by atoms with van der Waals surface area (Å²) in [6.45, 7) is 0. The van der Waals surface area contributed by atoms with Gasteiger partial charge < -0.3 is 9.63 Å². The van der Waals surface area contributed by atoms with Gasteiger partial charge in [0.25, 0.3) is 0 Å². The van der Waals surface area contributed by atoms with Gasteiger partial charge in [-0.2, -0.15) is 4.98 Å². The first kappa shape index (κ1) is 14.0. The van der Waals surface area contributed by atoms with Crippen LogP contribution in [-0.2, 0) is 4.79 Å². The summed E-state index contributed by atoms with van der Waals surface area (Å²) in [7, 11) is 0. The van der Waals surface area contributed by atoms with Gasteiger partial charge in [0.15, 0.2) is 0 Å². The van der Waals surface area contributed by atoms with E-state index in [9.17, 15) is 14.3 Å². The quantitative estimate of drug-likeness (QED) is 0.939. The van der Waals surface area contributed by atoms with Crippen LogP contribution in [0.2, 0.25) is 5.02 Å². The van der Waals surface area contributed by atoms with E-state index in [1.165, 1.54) is 18.2 Å². The molecule has 21 heavy (non-hydrogen) atoms. The van der Waals surface area contributed by atoms with E-state index >= 15 is 0 Å². The number of rotatable bonds is 3. The molecule has 3 rings (SSSR count). The van der Waals surface area contributed by atoms with Crippen LogP contribution in [0.5, 0.6) is 0 Å². The molecule has 2 atom stereocenters. The van der Waals surface area contributed by atoms with Gasteiger partial charge >= 0.3 is 5.97 Å². The summed E-state index contributed by atoms with van der Waals surface area (Å²) in [5.41, 5.74) is 0.529. The van der Waals surface area contributed by atoms with Crippen LogP contribution in [-0.4, -0.2) is 21.2 Å². The van der Waals surface area contributed by atoms with Crippen LogP contribution in [0.25, 0.3) is 11.4 Å². The van der Waals surface area contributed by atoms with Gasteiger partial charge in [0.05, 0.1) is 16.9 Å². The third-order valence-corrected chi connectivity index (χ3v) is 4.06. The number of hydrogen-bond donors (Lipinski definition) is 1. The number of carboxylic acids is 1. The van der Waals surface area contributed by atoms with E-state index in [0.717, 1.165) is 6.42 Å². The van der Waals surface area contributed by atoms with Gasteiger partial charge in [-0.1, -0.05) is 23.2 Å². The van der Waals surface area contributed by atoms with Crippen LogP contribution < -0.4 is 0 Å². The Kier molecular flexibility index (Phi) is 3.63. The van der Waals surface area contributed by atoms with Crippen LogP contribution in [0.15, 0.2) is 22.7 Å². The lowest BCUT2D eigenvalue weighted by atomic mass is 9.96. The summed E-state index contributed by atoms with van der Waals surface area (Å²) in [5.74, 6) is -1.53. The highest BCUT2D eigenvalue weighted by molar-refractivity contribution is 6.31. The molecule has 0 bridgehead atoms. The molecule has 2 unspecified atom stereocenters. The fourth-order valence-corrected chi connectivity index (χ4v) is 2.87. The van der Waals surface area contributed by atoms with E-state index in [0.29, 0.717) is 24.3 Å². The number of nitrogens with zero attached hydrogens (tertiary/aromatic N) is 2. The molecule has 1 aliphatic carbocycles. The zero-order valence-corrected chi connectivity index (χ0v) is 11.7. The van der Waals surface area contributed by atoms with Crippen LogP contribution in [0, 0.1) is 11.7 Å². The van der Waals surface area contributed by atoms with Gasteiger partial charge in [-0.15, -0.1) is 0 Å². The molecule has 1 N–H and O–H groups in total. The van der Waals surface area contributed by atoms with Crippen molar-refractivity contribution in [3.05, 3.63) is 34.9 Å². The first-order valence-corrected chi connectivity index (χ1v) is 6.96. The maximum absolute atomic E-state index is 13.1. The van der Waals surface area contributed by atoms with E-state index in [1.54, 1.807) is 0 Å². The Balaban J connectivity index is 1.89. The zero-order chi connectivity index (χ0) is 15.0. The minimum atomic E-state index is -0.845. The average molecular weight is 311 g/mol. The summed E-state index contributed by atoms with van der Waals surface area (Å²) in [4.78, 5) is 15.4. The third-order valence-electron chi connectivity index (χ3n) is 3.77. The summed E-state index contributed by atoms with van der Waals surface area (Å²) in [6, 6.07) is 4.14. The number of hydrogen-bond acceptors (Lipinski definition) is 4. The second-order valence-electron chi connectivity index (χ2n) is 5.07. The molecule has 7 heteroatoms. The fourth-order valence-electron chi connectivity index (χ4n) is 2.69. The Hall–Kier alpha value is -1.95. The van der Waals surface area contributed by atoms with E-state index in [-0.39, 0.29) is 16.8 Å². The number of carbonyl (C=O) groups is 1. The van der Waals surface area contributed by atoms with Gasteiger partial charge in [-0.05, 0) is 31.0 Å². The molecule has 1 fully saturated rings. The average Bonchev–Trinajstić information content (AvgIpc) is 3.09. The first-order valence-electron chi connectivity index (χ1n) is 6.58. The number of carboxylic acid groups (broad SMARTS) is 1. The Morgan fingerprint density at radius 3 is 2.95 bits per heavy atom. The lowest BCUT2D eigenvalue weighted by Gasteiger charge is -2.10. The van der Waals surface area contributed by atoms with Gasteiger partial charge in [0, 0.05) is 5.56 Å². The molecular weight excluding hydrogens is 299 g/mol. The Bertz CT molecular complexity index is 689. The molecule has 0 spiro atoms. The van der Waals surface area contributed by atoms with Gasteiger partial charge in [-0.3, -0.25) is 4.79 Å². The monoisotopic (exact) mass is 310 g/mol. The molecule has 110 valence electrons. The van der Waals surface area contributed by atoms with E-state index in [2.05, 4.69) is 10.1 Å². The van der Waals surface area contributed by atoms with Crippen LogP contribution >= 0.6 is 11.6 Å². The molecular formula is C14H12ClFN2O3. The van der Waals surface area contributed by atoms with E-state index < -0.39 is 17.7 Å². The second-order valence-corrected chi connectivity index (χ2v) is 5.47. The minimum Gasteiger partial charge on any atom is -0.481 e. The van der Waals surface area contributed by atoms with Crippen LogP contribution in [0.3, 0.4) is 0 Å². The van der Waals surface area contributed by atoms with E-state index in [4.69, 9.17) is 16.1 Å². The summed E-state index contributed by atoms with van der Waals surface area (Å²) in [6.07, 6.45) is 2.14. The Morgan fingerprint density at radius 1 is 1.43 bits per heavy atom. The predicted molar refractivity (Wildman–Crippen MR) is 72.4 cm³/mol. The van der Waals surface area contributed by atoms with Crippen molar-refractivity contribution in [2.45, 2.75) is 25.2 Å². The Morgan fingerprint density at radius 2 is 2.24 bits per heavy atom. The molecule has 1 heterocycles. The summed E-state index contributed by atoms with van der Waals surface area (Å²) in [5, 5.41) is 13.0. The highest BCUT2D eigenvalue weighted by Gasteiger charge is 2.37. The lowest BCUT2D eigenvalue weighted by Crippen LogP contribution is -2.17. The molecule has 1 aromatic heterocycles. The van der Waals surface area contributed by atoms with Crippen molar-refractivity contribution < 1.29 is 18.8 Å². The molecule has 5 nitrogen and oxygen atoms in total. The first-order chi connectivity index (χ1) is 10.1. The topological polar surface area (TPSA) is 76.2 Å². The van der Waals surface area contributed by atoms with Crippen LogP contribution in [0.4, 0.5) is 4.39 Å². The van der Waals surface area contributed by atoms with Crippen molar-refractivity contribution >= 4 is 17.6 Å². The van der Waals surface area contributed by atoms with Crippen molar-refractivity contribution in [2.75, 3.05) is 0 Å². The molecule has 0 aliphatic heterocycles. The fraction of sp³-hybridized carbons (Fsp3) is 0.357. The maximum Gasteiger partial charge on any atom is 0.307 e. The maximum atomic E-state index is 13.1. The predicted octanol–water partition coefficient (Wildman–Crippen LogP) is 3.50. The number of aliphatic carboxylic acids is 1. The largest absolute Gasteiger partial charge is 0.481 e. The number of benzene rings is 1. The van der Waals surface area contributed by atoms with Crippen molar-refractivity contribution in [1.29, 1.82) is 0 Å². The molecule has 2 aromatic rings. The number of aromatic nitrogens is 2. The molecule has 1 aromatic carbocycles. The molecule has 1 saturated carbocycles. The minimum absolute atomic E-state index is 0.0249. The SMILES string of the molecule is O=C(O)C1CCCC1c1nc(-c2ccc(F)c(Cl)c2)no1. The third kappa shape index (κ3) is 2.63. The van der Waals surface area contributed by atoms with Crippen molar-refractivity contribution in [2.24, 2.45) is 5.92 Å². The molecule has 0 radical (unpaired) electrons. The molecule has 0 saturated heterocycles. The van der Waals surface area contributed by atoms with Crippen LogP contribution in [0.1, 0.15) is 31.1 Å². The van der Waals surface area contributed by atoms with Gasteiger partial charge in [-0.25, -0.2) is 4.39 Å². The number of halogens is 2. The summed E-state index contributed by atoms with van der Waals surface area (Å²) < 4.78 is 18.3. The highest BCUT2D eigenvalue weighted by Crippen LogP contribution is 2.39. The normalized spacial score (nSPS) is 21.6. The van der Waals surface area contributed by atoms with Crippen molar-refractivity contribution in [3.63, 3.8) is 0 Å². The molecule has 0 amide bonds. The van der Waals surface area contributed by atoms with Gasteiger partial charge in [0.1, 0.15) is 5.82 Å². The van der Waals surface area contributed by atoms with E-state index in [1.807, 2.05) is 0 Å². The smallest absolute Gasteiger partial charge is 0.307 e. The lowest BCUT2D eigenvalue weighted by molar-refractivity contribution is -0.142. The van der Waals surface area contributed by atoms with Gasteiger partial charge in [0.2, 0.25) is 11.7 Å². The highest BCUT2D eigenvalue weighted by atomic mass is 35.5. The Labute approximate surface area is 124 Å². The van der Waals surface area contributed by atoms with Crippen molar-refractivity contribution in [1.82, 2.24) is 10.1 Å². The molecule has 1 aliphatic rings. The standard InChI is InChI=1S/C14H12ClFN2O3/c15-10-6-7(4-5-11(10)16)12-17-13(21-18-12)8-2-1-3-9(8)14(19)20/h4-6,8-9H,1-3H2,(H,19,20). The zero-order valence-electron chi connectivity index (χ0n) is 10.9. The van der Waals surface area contributed by atoms with Crippen molar-refractivity contribution in [3.8, 4) is 11.4 Å².